The van der Waals surface area contributed by atoms with Gasteiger partial charge in [-0.1, -0.05) is 24.3 Å². The van der Waals surface area contributed by atoms with E-state index in [4.69, 9.17) is 0 Å². The Kier molecular flexibility index (Phi) is 3.44. The fourth-order valence-electron chi connectivity index (χ4n) is 2.05. The van der Waals surface area contributed by atoms with E-state index in [0.29, 0.717) is 12.1 Å². The number of aromatic hydroxyl groups is 1. The topological polar surface area (TPSA) is 45.1 Å². The summed E-state index contributed by atoms with van der Waals surface area (Å²) in [5.74, 6) is 0.275. The summed E-state index contributed by atoms with van der Waals surface area (Å²) < 4.78 is 0. The van der Waals surface area contributed by atoms with Crippen LogP contribution in [0.3, 0.4) is 0 Å². The molecule has 4 heteroatoms. The van der Waals surface area contributed by atoms with Crippen LogP contribution in [0.25, 0.3) is 10.9 Å². The molecule has 2 aromatic heterocycles. The van der Waals surface area contributed by atoms with Crippen LogP contribution in [0, 0.1) is 0 Å². The highest BCUT2D eigenvalue weighted by Gasteiger charge is 2.06. The maximum atomic E-state index is 10.2. The van der Waals surface area contributed by atoms with Gasteiger partial charge in [0.15, 0.2) is 0 Å². The fraction of sp³-hybridized carbons (Fsp3) is 0.133. The minimum Gasteiger partial charge on any atom is -0.505 e. The molecule has 0 radical (unpaired) electrons. The summed E-state index contributed by atoms with van der Waals surface area (Å²) in [6.07, 6.45) is 1.70. The number of hydrogen-bond donors (Lipinski definition) is 2. The summed E-state index contributed by atoms with van der Waals surface area (Å²) in [4.78, 5) is 5.51. The van der Waals surface area contributed by atoms with Crippen LogP contribution in [-0.2, 0) is 13.1 Å². The van der Waals surface area contributed by atoms with Crippen LogP contribution in [0.1, 0.15) is 10.4 Å². The largest absolute Gasteiger partial charge is 0.505 e. The van der Waals surface area contributed by atoms with E-state index in [9.17, 15) is 5.11 Å². The molecule has 0 aliphatic rings. The normalized spacial score (nSPS) is 10.9. The summed E-state index contributed by atoms with van der Waals surface area (Å²) in [5.41, 5.74) is 1.54. The van der Waals surface area contributed by atoms with Crippen molar-refractivity contribution >= 4 is 22.2 Å². The van der Waals surface area contributed by atoms with Crippen molar-refractivity contribution in [3.05, 3.63) is 58.4 Å². The minimum absolute atomic E-state index is 0.275. The second kappa shape index (κ2) is 5.38. The average molecular weight is 270 g/mol. The van der Waals surface area contributed by atoms with Gasteiger partial charge in [-0.05, 0) is 17.5 Å². The third-order valence-corrected chi connectivity index (χ3v) is 3.90. The third kappa shape index (κ3) is 2.59. The van der Waals surface area contributed by atoms with Crippen LogP contribution in [0.4, 0.5) is 0 Å². The van der Waals surface area contributed by atoms with Crippen molar-refractivity contribution in [2.24, 2.45) is 0 Å². The van der Waals surface area contributed by atoms with E-state index < -0.39 is 0 Å². The average Bonchev–Trinajstić information content (AvgIpc) is 2.95. The van der Waals surface area contributed by atoms with Crippen LogP contribution in [0.2, 0.25) is 0 Å². The van der Waals surface area contributed by atoms with Crippen molar-refractivity contribution in [1.29, 1.82) is 0 Å². The van der Waals surface area contributed by atoms with E-state index in [0.717, 1.165) is 17.5 Å². The van der Waals surface area contributed by atoms with Crippen molar-refractivity contribution in [2.75, 3.05) is 0 Å². The summed E-state index contributed by atoms with van der Waals surface area (Å²) in [6, 6.07) is 11.9. The van der Waals surface area contributed by atoms with Crippen LogP contribution < -0.4 is 5.32 Å². The van der Waals surface area contributed by atoms with Gasteiger partial charge in [-0.2, -0.15) is 0 Å². The summed E-state index contributed by atoms with van der Waals surface area (Å²) >= 11 is 1.73. The first-order valence-electron chi connectivity index (χ1n) is 6.13. The molecule has 0 saturated heterocycles. The third-order valence-electron chi connectivity index (χ3n) is 3.03. The standard InChI is InChI=1S/C15H14N2OS/c18-15-12(9-16-10-13-4-2-8-19-13)6-5-11-3-1-7-17-14(11)15/h1-8,16,18H,9-10H2. The molecule has 0 fully saturated rings. The SMILES string of the molecule is Oc1c(CNCc2cccs2)ccc2cccnc12. The molecule has 0 bridgehead atoms. The van der Waals surface area contributed by atoms with Crippen molar-refractivity contribution < 1.29 is 5.11 Å². The number of rotatable bonds is 4. The number of nitrogens with zero attached hydrogens (tertiary/aromatic N) is 1. The Labute approximate surface area is 115 Å². The second-order valence-electron chi connectivity index (χ2n) is 4.33. The molecular weight excluding hydrogens is 256 g/mol. The molecule has 0 spiro atoms. The number of fused-ring (bicyclic) bond motifs is 1. The van der Waals surface area contributed by atoms with Gasteiger partial charge in [-0.3, -0.25) is 4.98 Å². The second-order valence-corrected chi connectivity index (χ2v) is 5.36. The molecular formula is C15H14N2OS. The van der Waals surface area contributed by atoms with Gasteiger partial charge >= 0.3 is 0 Å². The highest BCUT2D eigenvalue weighted by Crippen LogP contribution is 2.26. The number of benzene rings is 1. The number of phenols is 1. The zero-order valence-electron chi connectivity index (χ0n) is 10.3. The van der Waals surface area contributed by atoms with Gasteiger partial charge in [0, 0.05) is 35.1 Å². The number of pyridine rings is 1. The number of phenolic OH excluding ortho intramolecular Hbond substituents is 1. The molecule has 0 amide bonds. The first-order chi connectivity index (χ1) is 9.34. The molecule has 3 aromatic rings. The molecule has 1 aromatic carbocycles. The lowest BCUT2D eigenvalue weighted by Crippen LogP contribution is -2.11. The van der Waals surface area contributed by atoms with E-state index in [1.807, 2.05) is 30.3 Å². The first-order valence-corrected chi connectivity index (χ1v) is 7.01. The van der Waals surface area contributed by atoms with E-state index in [2.05, 4.69) is 21.7 Å². The lowest BCUT2D eigenvalue weighted by Gasteiger charge is -2.08. The highest BCUT2D eigenvalue weighted by atomic mass is 32.1. The fourth-order valence-corrected chi connectivity index (χ4v) is 2.72. The molecule has 19 heavy (non-hydrogen) atoms. The molecule has 3 nitrogen and oxygen atoms in total. The van der Waals surface area contributed by atoms with E-state index in [-0.39, 0.29) is 5.75 Å². The number of hydrogen-bond acceptors (Lipinski definition) is 4. The molecule has 3 rings (SSSR count). The van der Waals surface area contributed by atoms with Crippen LogP contribution in [0.5, 0.6) is 5.75 Å². The predicted octanol–water partition coefficient (Wildman–Crippen LogP) is 3.29. The van der Waals surface area contributed by atoms with E-state index >= 15 is 0 Å². The summed E-state index contributed by atoms with van der Waals surface area (Å²) in [6.45, 7) is 1.45. The molecule has 0 aliphatic heterocycles. The maximum Gasteiger partial charge on any atom is 0.146 e. The van der Waals surface area contributed by atoms with Crippen molar-refractivity contribution in [1.82, 2.24) is 10.3 Å². The lowest BCUT2D eigenvalue weighted by molar-refractivity contribution is 0.469. The number of nitrogens with one attached hydrogen (secondary N) is 1. The van der Waals surface area contributed by atoms with Gasteiger partial charge in [0.2, 0.25) is 0 Å². The molecule has 96 valence electrons. The van der Waals surface area contributed by atoms with Crippen molar-refractivity contribution in [3.8, 4) is 5.75 Å². The minimum atomic E-state index is 0.275. The molecule has 0 aliphatic carbocycles. The van der Waals surface area contributed by atoms with Gasteiger partial charge in [-0.15, -0.1) is 11.3 Å². The van der Waals surface area contributed by atoms with Gasteiger partial charge < -0.3 is 10.4 Å². The van der Waals surface area contributed by atoms with Crippen LogP contribution in [0.15, 0.2) is 48.0 Å². The monoisotopic (exact) mass is 270 g/mol. The van der Waals surface area contributed by atoms with Crippen molar-refractivity contribution in [2.45, 2.75) is 13.1 Å². The quantitative estimate of drug-likeness (QED) is 0.764. The van der Waals surface area contributed by atoms with Gasteiger partial charge in [0.1, 0.15) is 11.3 Å². The molecule has 0 saturated carbocycles. The molecule has 2 N–H and O–H groups in total. The van der Waals surface area contributed by atoms with E-state index in [1.54, 1.807) is 17.5 Å². The highest BCUT2D eigenvalue weighted by molar-refractivity contribution is 7.09. The smallest absolute Gasteiger partial charge is 0.146 e. The Morgan fingerprint density at radius 2 is 2.05 bits per heavy atom. The molecule has 0 atom stereocenters. The first kappa shape index (κ1) is 12.1. The molecule has 0 unspecified atom stereocenters. The van der Waals surface area contributed by atoms with Crippen molar-refractivity contribution in [3.63, 3.8) is 0 Å². The Morgan fingerprint density at radius 1 is 1.11 bits per heavy atom. The van der Waals surface area contributed by atoms with Crippen LogP contribution in [-0.4, -0.2) is 10.1 Å². The Bertz CT molecular complexity index is 680. The van der Waals surface area contributed by atoms with Gasteiger partial charge in [0.05, 0.1) is 0 Å². The molecule has 2 heterocycles. The van der Waals surface area contributed by atoms with Gasteiger partial charge in [0.25, 0.3) is 0 Å². The summed E-state index contributed by atoms with van der Waals surface area (Å²) in [7, 11) is 0. The number of thiophene rings is 1. The predicted molar refractivity (Wildman–Crippen MR) is 78.3 cm³/mol. The number of aromatic nitrogens is 1. The summed E-state index contributed by atoms with van der Waals surface area (Å²) in [5, 5.41) is 16.6. The maximum absolute atomic E-state index is 10.2. The zero-order chi connectivity index (χ0) is 13.1. The van der Waals surface area contributed by atoms with Gasteiger partial charge in [-0.25, -0.2) is 0 Å². The lowest BCUT2D eigenvalue weighted by atomic mass is 10.1. The van der Waals surface area contributed by atoms with Crippen LogP contribution >= 0.6 is 11.3 Å². The Balaban J connectivity index is 1.76. The Morgan fingerprint density at radius 3 is 2.89 bits per heavy atom. The Hall–Kier alpha value is -1.91. The zero-order valence-corrected chi connectivity index (χ0v) is 11.2. The van der Waals surface area contributed by atoms with E-state index in [1.165, 1.54) is 4.88 Å².